The van der Waals surface area contributed by atoms with Crippen LogP contribution in [-0.2, 0) is 0 Å². The number of carbonyl (C=O) groups is 1. The third kappa shape index (κ3) is 2.74. The zero-order valence-electron chi connectivity index (χ0n) is 9.43. The van der Waals surface area contributed by atoms with Gasteiger partial charge in [0.2, 0.25) is 5.76 Å². The highest BCUT2D eigenvalue weighted by Gasteiger charge is 2.15. The smallest absolute Gasteiger partial charge is 0.296 e. The Morgan fingerprint density at radius 3 is 3.11 bits per heavy atom. The van der Waals surface area contributed by atoms with E-state index in [9.17, 15) is 4.79 Å². The van der Waals surface area contributed by atoms with E-state index >= 15 is 0 Å². The van der Waals surface area contributed by atoms with Crippen LogP contribution in [0.2, 0.25) is 0 Å². The molecule has 0 atom stereocenters. The third-order valence-corrected chi connectivity index (χ3v) is 2.80. The summed E-state index contributed by atoms with van der Waals surface area (Å²) in [6.07, 6.45) is 2.99. The van der Waals surface area contributed by atoms with Crippen molar-refractivity contribution in [3.63, 3.8) is 0 Å². The highest BCUT2D eigenvalue weighted by atomic mass is 32.1. The first-order chi connectivity index (χ1) is 8.70. The number of thiazole rings is 1. The van der Waals surface area contributed by atoms with E-state index in [1.165, 1.54) is 23.7 Å². The van der Waals surface area contributed by atoms with Gasteiger partial charge in [0.05, 0.1) is 17.3 Å². The highest BCUT2D eigenvalue weighted by Crippen LogP contribution is 2.18. The lowest BCUT2D eigenvalue weighted by Gasteiger charge is -1.97. The van der Waals surface area contributed by atoms with E-state index in [1.807, 2.05) is 0 Å². The number of anilines is 1. The fourth-order valence-corrected chi connectivity index (χ4v) is 1.87. The summed E-state index contributed by atoms with van der Waals surface area (Å²) in [6, 6.07) is 0. The van der Waals surface area contributed by atoms with Crippen LogP contribution >= 0.6 is 11.3 Å². The molecule has 0 aliphatic rings. The SMILES string of the molecule is Cc1cnoc1C(=O)Nc1ncc(C#CCO)s1. The summed E-state index contributed by atoms with van der Waals surface area (Å²) in [5.41, 5.74) is 0.657. The van der Waals surface area contributed by atoms with Crippen LogP contribution in [0.25, 0.3) is 0 Å². The number of aliphatic hydroxyl groups excluding tert-OH is 1. The Balaban J connectivity index is 2.08. The van der Waals surface area contributed by atoms with Gasteiger partial charge in [0.15, 0.2) is 5.13 Å². The van der Waals surface area contributed by atoms with Crippen LogP contribution in [0.5, 0.6) is 0 Å². The van der Waals surface area contributed by atoms with Crippen LogP contribution in [0, 0.1) is 18.8 Å². The number of carbonyl (C=O) groups excluding carboxylic acids is 1. The lowest BCUT2D eigenvalue weighted by molar-refractivity contribution is 0.0987. The molecule has 0 saturated carbocycles. The van der Waals surface area contributed by atoms with Crippen LogP contribution in [0.1, 0.15) is 21.0 Å². The molecule has 7 heteroatoms. The number of aromatic nitrogens is 2. The Hall–Kier alpha value is -2.17. The van der Waals surface area contributed by atoms with Gasteiger partial charge in [-0.3, -0.25) is 10.1 Å². The summed E-state index contributed by atoms with van der Waals surface area (Å²) in [5.74, 6) is 4.96. The van der Waals surface area contributed by atoms with Crippen molar-refractivity contribution in [1.82, 2.24) is 10.1 Å². The van der Waals surface area contributed by atoms with E-state index < -0.39 is 5.91 Å². The molecular weight excluding hydrogens is 254 g/mol. The number of amides is 1. The molecule has 2 N–H and O–H groups in total. The van der Waals surface area contributed by atoms with Crippen LogP contribution in [0.15, 0.2) is 16.9 Å². The predicted octanol–water partition coefficient (Wildman–Crippen LogP) is 1.04. The number of nitrogens with one attached hydrogen (secondary N) is 1. The van der Waals surface area contributed by atoms with Gasteiger partial charge in [-0.05, 0) is 6.92 Å². The standard InChI is InChI=1S/C11H9N3O3S/c1-7-5-13-17-9(7)10(16)14-11-12-6-8(18-11)3-2-4-15/h5-6,15H,4H2,1H3,(H,12,14,16). The molecule has 0 bridgehead atoms. The van der Waals surface area contributed by atoms with Crippen LogP contribution < -0.4 is 5.32 Å². The molecule has 0 saturated heterocycles. The van der Waals surface area contributed by atoms with Gasteiger partial charge in [-0.15, -0.1) is 0 Å². The monoisotopic (exact) mass is 263 g/mol. The van der Waals surface area contributed by atoms with Gasteiger partial charge in [0.25, 0.3) is 5.91 Å². The zero-order valence-corrected chi connectivity index (χ0v) is 10.2. The number of nitrogens with zero attached hydrogens (tertiary/aromatic N) is 2. The molecule has 0 aromatic carbocycles. The summed E-state index contributed by atoms with van der Waals surface area (Å²) in [4.78, 5) is 16.4. The molecular formula is C11H9N3O3S. The molecule has 2 heterocycles. The molecule has 2 rings (SSSR count). The first kappa shape index (κ1) is 12.3. The second-order valence-corrected chi connectivity index (χ2v) is 4.31. The topological polar surface area (TPSA) is 88.3 Å². The second-order valence-electron chi connectivity index (χ2n) is 3.28. The van der Waals surface area contributed by atoms with E-state index in [0.29, 0.717) is 15.6 Å². The molecule has 6 nitrogen and oxygen atoms in total. The minimum absolute atomic E-state index is 0.160. The summed E-state index contributed by atoms with van der Waals surface area (Å²) in [5, 5.41) is 15.1. The molecule has 0 aliphatic heterocycles. The molecule has 0 spiro atoms. The molecule has 1 amide bonds. The second kappa shape index (κ2) is 5.44. The average molecular weight is 263 g/mol. The maximum Gasteiger partial charge on any atom is 0.296 e. The van der Waals surface area contributed by atoms with Crippen LogP contribution in [-0.4, -0.2) is 27.8 Å². The molecule has 0 unspecified atom stereocenters. The van der Waals surface area contributed by atoms with Gasteiger partial charge in [-0.1, -0.05) is 28.3 Å². The third-order valence-electron chi connectivity index (χ3n) is 1.97. The molecule has 0 aliphatic carbocycles. The molecule has 2 aromatic heterocycles. The maximum atomic E-state index is 11.8. The first-order valence-corrected chi connectivity index (χ1v) is 5.80. The molecule has 0 fully saturated rings. The van der Waals surface area contributed by atoms with Crippen molar-refractivity contribution in [2.75, 3.05) is 11.9 Å². The van der Waals surface area contributed by atoms with Crippen molar-refractivity contribution < 1.29 is 14.4 Å². The summed E-state index contributed by atoms with van der Waals surface area (Å²) in [7, 11) is 0. The predicted molar refractivity (Wildman–Crippen MR) is 65.3 cm³/mol. The van der Waals surface area contributed by atoms with Gasteiger partial charge in [-0.2, -0.15) is 0 Å². The fourth-order valence-electron chi connectivity index (χ4n) is 1.18. The van der Waals surface area contributed by atoms with E-state index in [1.54, 1.807) is 6.92 Å². The van der Waals surface area contributed by atoms with E-state index in [4.69, 9.17) is 9.63 Å². The highest BCUT2D eigenvalue weighted by molar-refractivity contribution is 7.16. The summed E-state index contributed by atoms with van der Waals surface area (Å²) >= 11 is 1.21. The lowest BCUT2D eigenvalue weighted by Crippen LogP contribution is -2.11. The Labute approximate surface area is 107 Å². The number of aliphatic hydroxyl groups is 1. The van der Waals surface area contributed by atoms with Gasteiger partial charge >= 0.3 is 0 Å². The molecule has 92 valence electrons. The minimum Gasteiger partial charge on any atom is -0.384 e. The Morgan fingerprint density at radius 2 is 2.44 bits per heavy atom. The minimum atomic E-state index is -0.402. The molecule has 2 aromatic rings. The van der Waals surface area contributed by atoms with Gasteiger partial charge in [-0.25, -0.2) is 4.98 Å². The molecule has 18 heavy (non-hydrogen) atoms. The summed E-state index contributed by atoms with van der Waals surface area (Å²) in [6.45, 7) is 1.52. The van der Waals surface area contributed by atoms with Gasteiger partial charge < -0.3 is 9.63 Å². The van der Waals surface area contributed by atoms with Crippen LogP contribution in [0.3, 0.4) is 0 Å². The maximum absolute atomic E-state index is 11.8. The van der Waals surface area contributed by atoms with Crippen molar-refractivity contribution >= 4 is 22.4 Å². The quantitative estimate of drug-likeness (QED) is 0.790. The number of aryl methyl sites for hydroxylation is 1. The van der Waals surface area contributed by atoms with Crippen LogP contribution in [0.4, 0.5) is 5.13 Å². The Kier molecular flexibility index (Phi) is 3.72. The van der Waals surface area contributed by atoms with Gasteiger partial charge in [0.1, 0.15) is 6.61 Å². The van der Waals surface area contributed by atoms with Crippen molar-refractivity contribution in [3.8, 4) is 11.8 Å². The average Bonchev–Trinajstić information content (AvgIpc) is 2.95. The lowest BCUT2D eigenvalue weighted by atomic mass is 10.3. The largest absolute Gasteiger partial charge is 0.384 e. The molecule has 0 radical (unpaired) electrons. The zero-order chi connectivity index (χ0) is 13.0. The van der Waals surface area contributed by atoms with E-state index in [-0.39, 0.29) is 12.4 Å². The van der Waals surface area contributed by atoms with Crippen molar-refractivity contribution in [2.24, 2.45) is 0 Å². The van der Waals surface area contributed by atoms with Crippen molar-refractivity contribution in [2.45, 2.75) is 6.92 Å². The van der Waals surface area contributed by atoms with E-state index in [0.717, 1.165) is 0 Å². The van der Waals surface area contributed by atoms with E-state index in [2.05, 4.69) is 27.3 Å². The first-order valence-electron chi connectivity index (χ1n) is 4.99. The number of rotatable bonds is 2. The summed E-state index contributed by atoms with van der Waals surface area (Å²) < 4.78 is 4.82. The Morgan fingerprint density at radius 1 is 1.61 bits per heavy atom. The van der Waals surface area contributed by atoms with Crippen molar-refractivity contribution in [1.29, 1.82) is 0 Å². The normalized spacial score (nSPS) is 9.67. The fraction of sp³-hybridized carbons (Fsp3) is 0.182. The number of hydrogen-bond donors (Lipinski definition) is 2. The Bertz CT molecular complexity index is 621. The number of hydrogen-bond acceptors (Lipinski definition) is 6. The van der Waals surface area contributed by atoms with Gasteiger partial charge in [0, 0.05) is 5.56 Å². The van der Waals surface area contributed by atoms with Crippen molar-refractivity contribution in [3.05, 3.63) is 28.6 Å².